The highest BCUT2D eigenvalue weighted by Crippen LogP contribution is 2.27. The highest BCUT2D eigenvalue weighted by molar-refractivity contribution is 6.32. The van der Waals surface area contributed by atoms with Gasteiger partial charge in [-0.2, -0.15) is 0 Å². The molecule has 0 unspecified atom stereocenters. The summed E-state index contributed by atoms with van der Waals surface area (Å²) in [6.07, 6.45) is 2.11. The Morgan fingerprint density at radius 1 is 1.38 bits per heavy atom. The first kappa shape index (κ1) is 13.1. The molecule has 3 N–H and O–H groups in total. The molecule has 3 nitrogen and oxygen atoms in total. The minimum absolute atomic E-state index is 0.628. The normalized spacial score (nSPS) is 10.2. The van der Waals surface area contributed by atoms with Crippen molar-refractivity contribution >= 4 is 17.3 Å². The minimum Gasteiger partial charge on any atom is -0.492 e. The van der Waals surface area contributed by atoms with Crippen LogP contribution in [-0.2, 0) is 0 Å². The predicted molar refractivity (Wildman–Crippen MR) is 69.4 cm³/mol. The van der Waals surface area contributed by atoms with Gasteiger partial charge in [0, 0.05) is 12.2 Å². The molecule has 90 valence electrons. The summed E-state index contributed by atoms with van der Waals surface area (Å²) < 4.78 is 5.36. The zero-order valence-corrected chi connectivity index (χ0v) is 10.4. The molecule has 0 amide bonds. The molecule has 0 heterocycles. The summed E-state index contributed by atoms with van der Waals surface area (Å²) in [5.41, 5.74) is 6.44. The Bertz CT molecular complexity index is 318. The summed E-state index contributed by atoms with van der Waals surface area (Å²) in [6, 6.07) is 5.74. The van der Waals surface area contributed by atoms with Crippen LogP contribution in [0.15, 0.2) is 18.2 Å². The molecule has 1 rings (SSSR count). The molecule has 0 saturated heterocycles. The van der Waals surface area contributed by atoms with E-state index in [4.69, 9.17) is 22.1 Å². The fourth-order valence-corrected chi connectivity index (χ4v) is 1.62. The summed E-state index contributed by atoms with van der Waals surface area (Å²) in [5, 5.41) is 3.94. The number of nitrogens with one attached hydrogen (secondary N) is 1. The summed E-state index contributed by atoms with van der Waals surface area (Å²) in [6.45, 7) is 4.23. The monoisotopic (exact) mass is 242 g/mol. The van der Waals surface area contributed by atoms with Crippen molar-refractivity contribution in [2.24, 2.45) is 5.73 Å². The summed E-state index contributed by atoms with van der Waals surface area (Å²) in [4.78, 5) is 0. The van der Waals surface area contributed by atoms with Crippen LogP contribution < -0.4 is 15.8 Å². The highest BCUT2D eigenvalue weighted by Gasteiger charge is 2.01. The highest BCUT2D eigenvalue weighted by atomic mass is 35.5. The van der Waals surface area contributed by atoms with E-state index in [1.54, 1.807) is 0 Å². The average Bonchev–Trinajstić information content (AvgIpc) is 2.28. The molecule has 0 aromatic heterocycles. The number of rotatable bonds is 7. The van der Waals surface area contributed by atoms with E-state index in [2.05, 4.69) is 5.32 Å². The fraction of sp³-hybridized carbons (Fsp3) is 0.500. The Morgan fingerprint density at radius 3 is 2.81 bits per heavy atom. The van der Waals surface area contributed by atoms with Gasteiger partial charge in [-0.3, -0.25) is 0 Å². The van der Waals surface area contributed by atoms with Gasteiger partial charge in [0.1, 0.15) is 5.75 Å². The third-order valence-corrected chi connectivity index (χ3v) is 2.49. The van der Waals surface area contributed by atoms with Crippen molar-refractivity contribution < 1.29 is 4.74 Å². The molecule has 16 heavy (non-hydrogen) atoms. The van der Waals surface area contributed by atoms with E-state index in [-0.39, 0.29) is 0 Å². The molecule has 0 saturated carbocycles. The molecule has 4 heteroatoms. The second-order valence-electron chi connectivity index (χ2n) is 3.50. The van der Waals surface area contributed by atoms with Crippen LogP contribution in [-0.4, -0.2) is 19.7 Å². The van der Waals surface area contributed by atoms with E-state index in [1.165, 1.54) is 0 Å². The van der Waals surface area contributed by atoms with Gasteiger partial charge in [-0.15, -0.1) is 0 Å². The van der Waals surface area contributed by atoms with Gasteiger partial charge in [0.2, 0.25) is 0 Å². The van der Waals surface area contributed by atoms with Gasteiger partial charge in [0.15, 0.2) is 0 Å². The Hall–Kier alpha value is -0.930. The summed E-state index contributed by atoms with van der Waals surface area (Å²) >= 11 is 6.06. The fourth-order valence-electron chi connectivity index (χ4n) is 1.39. The second-order valence-corrected chi connectivity index (χ2v) is 3.91. The Labute approximate surface area is 102 Å². The molecule has 0 aliphatic rings. The van der Waals surface area contributed by atoms with Crippen molar-refractivity contribution in [1.82, 2.24) is 0 Å². The van der Waals surface area contributed by atoms with Gasteiger partial charge in [-0.1, -0.05) is 11.6 Å². The van der Waals surface area contributed by atoms with Gasteiger partial charge in [0.25, 0.3) is 0 Å². The Morgan fingerprint density at radius 2 is 2.19 bits per heavy atom. The Kier molecular flexibility index (Phi) is 6.04. The molecule has 0 fully saturated rings. The van der Waals surface area contributed by atoms with Gasteiger partial charge in [0.05, 0.1) is 11.6 Å². The van der Waals surface area contributed by atoms with E-state index in [1.807, 2.05) is 25.1 Å². The summed E-state index contributed by atoms with van der Waals surface area (Å²) in [5.74, 6) is 0.733. The van der Waals surface area contributed by atoms with Crippen LogP contribution in [0.1, 0.15) is 19.8 Å². The first-order valence-corrected chi connectivity index (χ1v) is 6.02. The van der Waals surface area contributed by atoms with Crippen LogP contribution in [0.5, 0.6) is 5.75 Å². The van der Waals surface area contributed by atoms with Crippen LogP contribution in [0, 0.1) is 0 Å². The van der Waals surface area contributed by atoms with Crippen molar-refractivity contribution in [1.29, 1.82) is 0 Å². The lowest BCUT2D eigenvalue weighted by atomic mass is 10.2. The maximum Gasteiger partial charge on any atom is 0.138 e. The van der Waals surface area contributed by atoms with E-state index in [0.717, 1.165) is 37.4 Å². The number of benzene rings is 1. The first-order chi connectivity index (χ1) is 7.77. The van der Waals surface area contributed by atoms with Crippen LogP contribution in [0.3, 0.4) is 0 Å². The first-order valence-electron chi connectivity index (χ1n) is 5.64. The molecular weight excluding hydrogens is 224 g/mol. The molecule has 0 bridgehead atoms. The number of hydrogen-bond acceptors (Lipinski definition) is 3. The van der Waals surface area contributed by atoms with Crippen LogP contribution in [0.25, 0.3) is 0 Å². The van der Waals surface area contributed by atoms with Crippen LogP contribution >= 0.6 is 11.6 Å². The van der Waals surface area contributed by atoms with Crippen LogP contribution in [0.4, 0.5) is 5.69 Å². The molecule has 0 aliphatic carbocycles. The zero-order valence-electron chi connectivity index (χ0n) is 9.63. The number of unbranched alkanes of at least 4 members (excludes halogenated alkanes) is 1. The van der Waals surface area contributed by atoms with Crippen molar-refractivity contribution in [3.8, 4) is 5.75 Å². The van der Waals surface area contributed by atoms with Gasteiger partial charge in [-0.25, -0.2) is 0 Å². The molecule has 1 aromatic rings. The smallest absolute Gasteiger partial charge is 0.138 e. The third kappa shape index (κ3) is 4.29. The zero-order chi connectivity index (χ0) is 11.8. The SMILES string of the molecule is CCOc1ccc(NCCCCN)cc1Cl. The maximum atomic E-state index is 6.06. The molecule has 1 aromatic carbocycles. The molecular formula is C12H19ClN2O. The van der Waals surface area contributed by atoms with E-state index >= 15 is 0 Å². The molecule has 0 aliphatic heterocycles. The maximum absolute atomic E-state index is 6.06. The van der Waals surface area contributed by atoms with Gasteiger partial charge < -0.3 is 15.8 Å². The van der Waals surface area contributed by atoms with Crippen molar-refractivity contribution in [2.45, 2.75) is 19.8 Å². The minimum atomic E-state index is 0.628. The topological polar surface area (TPSA) is 47.3 Å². The molecule has 0 spiro atoms. The standard InChI is InChI=1S/C12H19ClN2O/c1-2-16-12-6-5-10(9-11(12)13)15-8-4-3-7-14/h5-6,9,15H,2-4,7-8,14H2,1H3. The quantitative estimate of drug-likeness (QED) is 0.723. The lowest BCUT2D eigenvalue weighted by Crippen LogP contribution is -2.05. The lowest BCUT2D eigenvalue weighted by Gasteiger charge is -2.09. The van der Waals surface area contributed by atoms with Crippen molar-refractivity contribution in [3.05, 3.63) is 23.2 Å². The molecule has 0 atom stereocenters. The number of ether oxygens (including phenoxy) is 1. The average molecular weight is 243 g/mol. The van der Waals surface area contributed by atoms with E-state index < -0.39 is 0 Å². The predicted octanol–water partition coefficient (Wildman–Crippen LogP) is 2.89. The number of halogens is 1. The summed E-state index contributed by atoms with van der Waals surface area (Å²) in [7, 11) is 0. The number of anilines is 1. The van der Waals surface area contributed by atoms with Crippen LogP contribution in [0.2, 0.25) is 5.02 Å². The van der Waals surface area contributed by atoms with E-state index in [9.17, 15) is 0 Å². The number of hydrogen-bond donors (Lipinski definition) is 2. The van der Waals surface area contributed by atoms with Gasteiger partial charge >= 0.3 is 0 Å². The van der Waals surface area contributed by atoms with E-state index in [0.29, 0.717) is 11.6 Å². The van der Waals surface area contributed by atoms with Gasteiger partial charge in [-0.05, 0) is 44.5 Å². The Balaban J connectivity index is 2.46. The van der Waals surface area contributed by atoms with Crippen molar-refractivity contribution in [2.75, 3.05) is 25.0 Å². The third-order valence-electron chi connectivity index (χ3n) is 2.19. The lowest BCUT2D eigenvalue weighted by molar-refractivity contribution is 0.340. The second kappa shape index (κ2) is 7.36. The molecule has 0 radical (unpaired) electrons. The van der Waals surface area contributed by atoms with Crippen molar-refractivity contribution in [3.63, 3.8) is 0 Å². The largest absolute Gasteiger partial charge is 0.492 e. The number of nitrogens with two attached hydrogens (primary N) is 1.